The molecular weight excluding hydrogens is 336 g/mol. The molecule has 2 aromatic carbocycles. The van der Waals surface area contributed by atoms with Gasteiger partial charge in [-0.05, 0) is 36.8 Å². The largest absolute Gasteiger partial charge is 0.495 e. The summed E-state index contributed by atoms with van der Waals surface area (Å²) >= 11 is 6.16. The smallest absolute Gasteiger partial charge is 0.229 e. The number of aromatic nitrogens is 2. The van der Waals surface area contributed by atoms with Crippen molar-refractivity contribution in [3.8, 4) is 5.75 Å². The van der Waals surface area contributed by atoms with E-state index in [1.807, 2.05) is 61.3 Å². The molecule has 0 aliphatic rings. The summed E-state index contributed by atoms with van der Waals surface area (Å²) in [6, 6.07) is 15.6. The van der Waals surface area contributed by atoms with E-state index in [4.69, 9.17) is 16.3 Å². The average Bonchev–Trinajstić information content (AvgIpc) is 2.65. The van der Waals surface area contributed by atoms with Crippen LogP contribution in [0.15, 0.2) is 54.7 Å². The van der Waals surface area contributed by atoms with Crippen molar-refractivity contribution in [2.45, 2.75) is 6.92 Å². The van der Waals surface area contributed by atoms with E-state index in [0.29, 0.717) is 16.7 Å². The van der Waals surface area contributed by atoms with Gasteiger partial charge in [0, 0.05) is 30.0 Å². The highest BCUT2D eigenvalue weighted by Crippen LogP contribution is 2.32. The van der Waals surface area contributed by atoms with Crippen molar-refractivity contribution in [1.29, 1.82) is 0 Å². The fraction of sp³-hybridized carbons (Fsp3) is 0.158. The molecule has 1 aromatic heterocycles. The van der Waals surface area contributed by atoms with Crippen LogP contribution < -0.4 is 15.0 Å². The number of rotatable bonds is 5. The van der Waals surface area contributed by atoms with Gasteiger partial charge in [-0.15, -0.1) is 0 Å². The number of methoxy groups -OCH3 is 1. The van der Waals surface area contributed by atoms with Gasteiger partial charge in [0.1, 0.15) is 11.6 Å². The molecule has 0 amide bonds. The van der Waals surface area contributed by atoms with Crippen LogP contribution in [0.25, 0.3) is 0 Å². The predicted molar refractivity (Wildman–Crippen MR) is 103 cm³/mol. The Labute approximate surface area is 152 Å². The molecule has 0 saturated heterocycles. The average molecular weight is 355 g/mol. The Morgan fingerprint density at radius 1 is 1.12 bits per heavy atom. The first-order valence-corrected chi connectivity index (χ1v) is 8.19. The summed E-state index contributed by atoms with van der Waals surface area (Å²) in [6.07, 6.45) is 1.72. The molecule has 0 atom stereocenters. The zero-order valence-electron chi connectivity index (χ0n) is 14.3. The van der Waals surface area contributed by atoms with Gasteiger partial charge in [0.25, 0.3) is 0 Å². The van der Waals surface area contributed by atoms with Crippen molar-refractivity contribution in [3.05, 3.63) is 65.3 Å². The monoisotopic (exact) mass is 354 g/mol. The van der Waals surface area contributed by atoms with Gasteiger partial charge in [0.05, 0.1) is 12.8 Å². The quantitative estimate of drug-likeness (QED) is 0.701. The second-order valence-corrected chi connectivity index (χ2v) is 5.97. The molecule has 1 N–H and O–H groups in total. The highest BCUT2D eigenvalue weighted by molar-refractivity contribution is 6.31. The van der Waals surface area contributed by atoms with Crippen LogP contribution in [0, 0.1) is 6.92 Å². The molecule has 0 aliphatic heterocycles. The number of ether oxygens (including phenoxy) is 1. The molecular formula is C19H19ClN4O. The highest BCUT2D eigenvalue weighted by atomic mass is 35.5. The predicted octanol–water partition coefficient (Wildman–Crippen LogP) is 4.96. The van der Waals surface area contributed by atoms with Crippen LogP contribution >= 0.6 is 11.6 Å². The molecule has 6 heteroatoms. The Morgan fingerprint density at radius 3 is 2.60 bits per heavy atom. The van der Waals surface area contributed by atoms with Gasteiger partial charge < -0.3 is 15.0 Å². The van der Waals surface area contributed by atoms with E-state index in [0.717, 1.165) is 22.8 Å². The van der Waals surface area contributed by atoms with Crippen LogP contribution in [0.4, 0.5) is 23.1 Å². The number of aryl methyl sites for hydroxylation is 1. The van der Waals surface area contributed by atoms with Crippen molar-refractivity contribution in [2.75, 3.05) is 24.4 Å². The lowest BCUT2D eigenvalue weighted by molar-refractivity contribution is 0.416. The molecule has 0 bridgehead atoms. The van der Waals surface area contributed by atoms with Crippen LogP contribution in [0.3, 0.4) is 0 Å². The SMILES string of the molecule is COc1cc(Cl)c(C)cc1Nc1nccc(N(C)c2ccccc2)n1. The van der Waals surface area contributed by atoms with Crippen molar-refractivity contribution in [1.82, 2.24) is 9.97 Å². The summed E-state index contributed by atoms with van der Waals surface area (Å²) in [5, 5.41) is 3.86. The van der Waals surface area contributed by atoms with E-state index in [2.05, 4.69) is 15.3 Å². The third-order valence-electron chi connectivity index (χ3n) is 3.86. The van der Waals surface area contributed by atoms with E-state index in [9.17, 15) is 0 Å². The first kappa shape index (κ1) is 17.0. The molecule has 0 fully saturated rings. The number of para-hydroxylation sites is 1. The van der Waals surface area contributed by atoms with E-state index in [-0.39, 0.29) is 0 Å². The zero-order chi connectivity index (χ0) is 17.8. The van der Waals surface area contributed by atoms with E-state index in [1.165, 1.54) is 0 Å². The number of nitrogens with one attached hydrogen (secondary N) is 1. The minimum absolute atomic E-state index is 0.486. The van der Waals surface area contributed by atoms with Crippen LogP contribution in [0.1, 0.15) is 5.56 Å². The minimum atomic E-state index is 0.486. The Morgan fingerprint density at radius 2 is 1.88 bits per heavy atom. The fourth-order valence-electron chi connectivity index (χ4n) is 2.43. The van der Waals surface area contributed by atoms with Crippen LogP contribution in [0.2, 0.25) is 5.02 Å². The maximum Gasteiger partial charge on any atom is 0.229 e. The third kappa shape index (κ3) is 3.83. The topological polar surface area (TPSA) is 50.3 Å². The van der Waals surface area contributed by atoms with E-state index < -0.39 is 0 Å². The normalized spacial score (nSPS) is 10.4. The Kier molecular flexibility index (Phi) is 5.05. The number of benzene rings is 2. The molecule has 0 radical (unpaired) electrons. The third-order valence-corrected chi connectivity index (χ3v) is 4.26. The second-order valence-electron chi connectivity index (χ2n) is 5.56. The lowest BCUT2D eigenvalue weighted by atomic mass is 10.2. The Balaban J connectivity index is 1.89. The molecule has 0 saturated carbocycles. The van der Waals surface area contributed by atoms with Gasteiger partial charge in [-0.2, -0.15) is 4.98 Å². The molecule has 0 unspecified atom stereocenters. The lowest BCUT2D eigenvalue weighted by Crippen LogP contribution is -2.12. The van der Waals surface area contributed by atoms with Crippen molar-refractivity contribution >= 4 is 34.7 Å². The molecule has 5 nitrogen and oxygen atoms in total. The number of anilines is 4. The molecule has 0 spiro atoms. The Hall–Kier alpha value is -2.79. The Bertz CT molecular complexity index is 871. The van der Waals surface area contributed by atoms with Crippen molar-refractivity contribution in [3.63, 3.8) is 0 Å². The molecule has 25 heavy (non-hydrogen) atoms. The van der Waals surface area contributed by atoms with Gasteiger partial charge in [-0.3, -0.25) is 0 Å². The maximum absolute atomic E-state index is 6.16. The number of halogens is 1. The van der Waals surface area contributed by atoms with Gasteiger partial charge in [0.15, 0.2) is 0 Å². The molecule has 128 valence electrons. The summed E-state index contributed by atoms with van der Waals surface area (Å²) in [4.78, 5) is 10.9. The van der Waals surface area contributed by atoms with Crippen LogP contribution in [-0.2, 0) is 0 Å². The van der Waals surface area contributed by atoms with Gasteiger partial charge in [-0.25, -0.2) is 4.98 Å². The summed E-state index contributed by atoms with van der Waals surface area (Å²) in [6.45, 7) is 1.94. The van der Waals surface area contributed by atoms with Gasteiger partial charge in [0.2, 0.25) is 5.95 Å². The van der Waals surface area contributed by atoms with Gasteiger partial charge in [-0.1, -0.05) is 29.8 Å². The summed E-state index contributed by atoms with van der Waals surface area (Å²) in [5.41, 5.74) is 2.76. The molecule has 0 aliphatic carbocycles. The van der Waals surface area contributed by atoms with E-state index in [1.54, 1.807) is 19.4 Å². The van der Waals surface area contributed by atoms with Crippen LogP contribution in [0.5, 0.6) is 5.75 Å². The fourth-order valence-corrected chi connectivity index (χ4v) is 2.58. The summed E-state index contributed by atoms with van der Waals surface area (Å²) in [5.74, 6) is 1.91. The van der Waals surface area contributed by atoms with Crippen molar-refractivity contribution in [2.24, 2.45) is 0 Å². The molecule has 3 aromatic rings. The van der Waals surface area contributed by atoms with E-state index >= 15 is 0 Å². The maximum atomic E-state index is 6.16. The number of nitrogens with zero attached hydrogens (tertiary/aromatic N) is 3. The molecule has 3 rings (SSSR count). The summed E-state index contributed by atoms with van der Waals surface area (Å²) in [7, 11) is 3.57. The zero-order valence-corrected chi connectivity index (χ0v) is 15.1. The van der Waals surface area contributed by atoms with Crippen molar-refractivity contribution < 1.29 is 4.74 Å². The first-order chi connectivity index (χ1) is 12.1. The minimum Gasteiger partial charge on any atom is -0.495 e. The standard InChI is InChI=1S/C19H19ClN4O/c1-13-11-16(17(25-3)12-15(13)20)22-19-21-10-9-18(23-19)24(2)14-7-5-4-6-8-14/h4-12H,1-3H3,(H,21,22,23). The molecule has 1 heterocycles. The second kappa shape index (κ2) is 7.40. The highest BCUT2D eigenvalue weighted by Gasteiger charge is 2.11. The lowest BCUT2D eigenvalue weighted by Gasteiger charge is -2.19. The number of hydrogen-bond donors (Lipinski definition) is 1. The van der Waals surface area contributed by atoms with Gasteiger partial charge >= 0.3 is 0 Å². The first-order valence-electron chi connectivity index (χ1n) is 7.81. The number of hydrogen-bond acceptors (Lipinski definition) is 5. The summed E-state index contributed by atoms with van der Waals surface area (Å²) < 4.78 is 5.39. The van der Waals surface area contributed by atoms with Crippen LogP contribution in [-0.4, -0.2) is 24.1 Å².